The number of para-hydroxylation sites is 1. The first-order valence-corrected chi connectivity index (χ1v) is 6.93. The van der Waals surface area contributed by atoms with Gasteiger partial charge in [0, 0.05) is 25.8 Å². The molecule has 0 aromatic heterocycles. The summed E-state index contributed by atoms with van der Waals surface area (Å²) in [4.78, 5) is 27.4. The summed E-state index contributed by atoms with van der Waals surface area (Å²) in [5.74, 6) is -0.0603. The molecule has 20 heavy (non-hydrogen) atoms. The van der Waals surface area contributed by atoms with Crippen molar-refractivity contribution in [3.8, 4) is 0 Å². The van der Waals surface area contributed by atoms with Crippen molar-refractivity contribution in [1.29, 1.82) is 0 Å². The Morgan fingerprint density at radius 1 is 1.25 bits per heavy atom. The van der Waals surface area contributed by atoms with Crippen molar-refractivity contribution >= 4 is 17.5 Å². The fraction of sp³-hybridized carbons (Fsp3) is 0.467. The Bertz CT molecular complexity index is 496. The lowest BCUT2D eigenvalue weighted by molar-refractivity contribution is -0.138. The molecule has 1 aliphatic heterocycles. The number of amides is 2. The Hall–Kier alpha value is -2.04. The number of likely N-dealkylation sites (N-methyl/N-ethyl adjacent to an activating group) is 1. The molecule has 0 bridgehead atoms. The fourth-order valence-electron chi connectivity index (χ4n) is 2.35. The van der Waals surface area contributed by atoms with E-state index in [9.17, 15) is 9.59 Å². The molecule has 5 nitrogen and oxygen atoms in total. The Kier molecular flexibility index (Phi) is 4.61. The number of carbonyl (C=O) groups is 2. The smallest absolute Gasteiger partial charge is 0.242 e. The number of carbonyl (C=O) groups excluding carboxylic acids is 2. The summed E-state index contributed by atoms with van der Waals surface area (Å²) in [6.45, 7) is 1.77. The number of anilines is 1. The molecule has 0 radical (unpaired) electrons. The molecule has 1 aromatic rings. The number of nitrogens with zero attached hydrogens (tertiary/aromatic N) is 2. The first kappa shape index (κ1) is 14.4. The molecule has 0 spiro atoms. The second kappa shape index (κ2) is 6.41. The third-order valence-corrected chi connectivity index (χ3v) is 3.65. The quantitative estimate of drug-likeness (QED) is 0.830. The van der Waals surface area contributed by atoms with Gasteiger partial charge in [0.25, 0.3) is 0 Å². The maximum atomic E-state index is 12.1. The predicted octanol–water partition coefficient (Wildman–Crippen LogP) is 0.892. The van der Waals surface area contributed by atoms with Crippen LogP contribution in [0.1, 0.15) is 18.4 Å². The largest absolute Gasteiger partial charge is 0.398 e. The van der Waals surface area contributed by atoms with Crippen LogP contribution < -0.4 is 5.73 Å². The summed E-state index contributed by atoms with van der Waals surface area (Å²) in [5.41, 5.74) is 7.24. The number of hydrogen-bond donors (Lipinski definition) is 1. The molecule has 2 amide bonds. The van der Waals surface area contributed by atoms with E-state index in [4.69, 9.17) is 5.73 Å². The van der Waals surface area contributed by atoms with Crippen molar-refractivity contribution in [1.82, 2.24) is 9.80 Å². The van der Waals surface area contributed by atoms with Gasteiger partial charge in [0.1, 0.15) is 0 Å². The van der Waals surface area contributed by atoms with E-state index in [-0.39, 0.29) is 24.8 Å². The van der Waals surface area contributed by atoms with Gasteiger partial charge in [-0.25, -0.2) is 0 Å². The molecule has 0 aliphatic carbocycles. The van der Waals surface area contributed by atoms with Crippen LogP contribution in [-0.4, -0.2) is 48.3 Å². The monoisotopic (exact) mass is 275 g/mol. The molecule has 1 heterocycles. The topological polar surface area (TPSA) is 66.6 Å². The number of hydrogen-bond acceptors (Lipinski definition) is 3. The lowest BCUT2D eigenvalue weighted by Gasteiger charge is -2.21. The van der Waals surface area contributed by atoms with Gasteiger partial charge in [-0.2, -0.15) is 0 Å². The van der Waals surface area contributed by atoms with Gasteiger partial charge < -0.3 is 15.5 Å². The number of likely N-dealkylation sites (tertiary alicyclic amines) is 1. The Morgan fingerprint density at radius 2 is 1.90 bits per heavy atom. The van der Waals surface area contributed by atoms with E-state index in [0.717, 1.165) is 31.5 Å². The average Bonchev–Trinajstić information content (AvgIpc) is 2.95. The summed E-state index contributed by atoms with van der Waals surface area (Å²) in [6, 6.07) is 7.31. The van der Waals surface area contributed by atoms with Crippen LogP contribution in [-0.2, 0) is 16.0 Å². The second-order valence-electron chi connectivity index (χ2n) is 5.21. The molecule has 2 rings (SSSR count). The van der Waals surface area contributed by atoms with Gasteiger partial charge in [-0.1, -0.05) is 18.2 Å². The number of nitrogen functional groups attached to an aromatic ring is 1. The molecule has 1 aromatic carbocycles. The van der Waals surface area contributed by atoms with Gasteiger partial charge in [0.15, 0.2) is 0 Å². The highest BCUT2D eigenvalue weighted by molar-refractivity contribution is 5.86. The molecule has 0 saturated carbocycles. The minimum Gasteiger partial charge on any atom is -0.398 e. The second-order valence-corrected chi connectivity index (χ2v) is 5.21. The Morgan fingerprint density at radius 3 is 2.55 bits per heavy atom. The number of benzene rings is 1. The number of rotatable bonds is 4. The van der Waals surface area contributed by atoms with Crippen LogP contribution in [0.25, 0.3) is 0 Å². The van der Waals surface area contributed by atoms with Crippen LogP contribution in [0.2, 0.25) is 0 Å². The molecule has 0 unspecified atom stereocenters. The molecule has 1 saturated heterocycles. The lowest BCUT2D eigenvalue weighted by Crippen LogP contribution is -2.40. The standard InChI is InChI=1S/C15H21N3O2/c1-17(11-15(20)18-8-4-5-9-18)14(19)10-12-6-2-3-7-13(12)16/h2-3,6-7H,4-5,8-11,16H2,1H3. The highest BCUT2D eigenvalue weighted by Crippen LogP contribution is 2.12. The lowest BCUT2D eigenvalue weighted by atomic mass is 10.1. The van der Waals surface area contributed by atoms with Crippen molar-refractivity contribution in [2.75, 3.05) is 32.4 Å². The number of nitrogens with two attached hydrogens (primary N) is 1. The van der Waals surface area contributed by atoms with Gasteiger partial charge >= 0.3 is 0 Å². The maximum Gasteiger partial charge on any atom is 0.242 e. The fourth-order valence-corrected chi connectivity index (χ4v) is 2.35. The minimum atomic E-state index is -0.0875. The summed E-state index contributed by atoms with van der Waals surface area (Å²) in [5, 5.41) is 0. The summed E-state index contributed by atoms with van der Waals surface area (Å²) >= 11 is 0. The van der Waals surface area contributed by atoms with Crippen molar-refractivity contribution < 1.29 is 9.59 Å². The zero-order chi connectivity index (χ0) is 14.5. The van der Waals surface area contributed by atoms with E-state index in [2.05, 4.69) is 0 Å². The van der Waals surface area contributed by atoms with E-state index >= 15 is 0 Å². The van der Waals surface area contributed by atoms with Crippen LogP contribution in [0.15, 0.2) is 24.3 Å². The zero-order valence-electron chi connectivity index (χ0n) is 11.8. The van der Waals surface area contributed by atoms with E-state index in [0.29, 0.717) is 5.69 Å². The third-order valence-electron chi connectivity index (χ3n) is 3.65. The van der Waals surface area contributed by atoms with Crippen molar-refractivity contribution in [2.45, 2.75) is 19.3 Å². The Balaban J connectivity index is 1.88. The van der Waals surface area contributed by atoms with Gasteiger partial charge in [0.05, 0.1) is 13.0 Å². The molecular weight excluding hydrogens is 254 g/mol. The van der Waals surface area contributed by atoms with E-state index < -0.39 is 0 Å². The summed E-state index contributed by atoms with van der Waals surface area (Å²) in [6.07, 6.45) is 2.35. The maximum absolute atomic E-state index is 12.1. The van der Waals surface area contributed by atoms with Crippen LogP contribution in [0.4, 0.5) is 5.69 Å². The third kappa shape index (κ3) is 3.50. The zero-order valence-corrected chi connectivity index (χ0v) is 11.8. The molecule has 5 heteroatoms. The normalized spacial score (nSPS) is 14.3. The van der Waals surface area contributed by atoms with Crippen LogP contribution in [0, 0.1) is 0 Å². The van der Waals surface area contributed by atoms with Crippen molar-refractivity contribution in [3.63, 3.8) is 0 Å². The first-order chi connectivity index (χ1) is 9.58. The van der Waals surface area contributed by atoms with Gasteiger partial charge in [-0.15, -0.1) is 0 Å². The molecular formula is C15H21N3O2. The Labute approximate surface area is 119 Å². The van der Waals surface area contributed by atoms with Crippen molar-refractivity contribution in [3.05, 3.63) is 29.8 Å². The molecule has 1 aliphatic rings. The van der Waals surface area contributed by atoms with Crippen LogP contribution >= 0.6 is 0 Å². The first-order valence-electron chi connectivity index (χ1n) is 6.93. The minimum absolute atomic E-state index is 0.0272. The van der Waals surface area contributed by atoms with Gasteiger partial charge in [-0.3, -0.25) is 9.59 Å². The van der Waals surface area contributed by atoms with Crippen LogP contribution in [0.5, 0.6) is 0 Å². The summed E-state index contributed by atoms with van der Waals surface area (Å²) in [7, 11) is 1.66. The highest BCUT2D eigenvalue weighted by atomic mass is 16.2. The van der Waals surface area contributed by atoms with E-state index in [1.165, 1.54) is 4.90 Å². The van der Waals surface area contributed by atoms with E-state index in [1.807, 2.05) is 23.1 Å². The SMILES string of the molecule is CN(CC(=O)N1CCCC1)C(=O)Cc1ccccc1N. The van der Waals surface area contributed by atoms with Crippen LogP contribution in [0.3, 0.4) is 0 Å². The molecule has 1 fully saturated rings. The summed E-state index contributed by atoms with van der Waals surface area (Å²) < 4.78 is 0. The molecule has 0 atom stereocenters. The average molecular weight is 275 g/mol. The predicted molar refractivity (Wildman–Crippen MR) is 78.0 cm³/mol. The van der Waals surface area contributed by atoms with Gasteiger partial charge in [-0.05, 0) is 24.5 Å². The van der Waals surface area contributed by atoms with E-state index in [1.54, 1.807) is 13.1 Å². The molecule has 2 N–H and O–H groups in total. The van der Waals surface area contributed by atoms with Gasteiger partial charge in [0.2, 0.25) is 11.8 Å². The molecule has 108 valence electrons. The van der Waals surface area contributed by atoms with Crippen molar-refractivity contribution in [2.24, 2.45) is 0 Å². The highest BCUT2D eigenvalue weighted by Gasteiger charge is 2.21.